The Morgan fingerprint density at radius 1 is 1.41 bits per heavy atom. The molecule has 7 nitrogen and oxygen atoms in total. The highest BCUT2D eigenvalue weighted by atomic mass is 16.5. The summed E-state index contributed by atoms with van der Waals surface area (Å²) in [5.41, 5.74) is 2.16. The molecule has 1 aromatic rings. The Morgan fingerprint density at radius 2 is 2.11 bits per heavy atom. The van der Waals surface area contributed by atoms with Crippen LogP contribution in [0.2, 0.25) is 0 Å². The van der Waals surface area contributed by atoms with Crippen molar-refractivity contribution in [2.75, 3.05) is 21.2 Å². The van der Waals surface area contributed by atoms with E-state index in [0.29, 0.717) is 30.6 Å². The number of carbonyl (C=O) groups excluding carboxylic acids is 2. The van der Waals surface area contributed by atoms with Crippen molar-refractivity contribution >= 4 is 11.8 Å². The van der Waals surface area contributed by atoms with Crippen LogP contribution in [-0.4, -0.2) is 59.9 Å². The molecule has 0 bridgehead atoms. The Balaban J connectivity index is 1.76. The fourth-order valence-corrected chi connectivity index (χ4v) is 4.17. The molecule has 0 spiro atoms. The second kappa shape index (κ2) is 8.25. The van der Waals surface area contributed by atoms with Crippen molar-refractivity contribution in [1.82, 2.24) is 20.1 Å². The van der Waals surface area contributed by atoms with Crippen molar-refractivity contribution in [2.45, 2.75) is 64.2 Å². The summed E-state index contributed by atoms with van der Waals surface area (Å²) >= 11 is 0. The summed E-state index contributed by atoms with van der Waals surface area (Å²) in [5, 5.41) is 2.95. The Labute approximate surface area is 161 Å². The number of methoxy groups -OCH3 is 1. The van der Waals surface area contributed by atoms with Gasteiger partial charge < -0.3 is 15.0 Å². The van der Waals surface area contributed by atoms with E-state index in [1.165, 1.54) is 12.8 Å². The van der Waals surface area contributed by atoms with Gasteiger partial charge in [-0.3, -0.25) is 14.5 Å². The smallest absolute Gasteiger partial charge is 0.256 e. The summed E-state index contributed by atoms with van der Waals surface area (Å²) in [6, 6.07) is 1.99. The van der Waals surface area contributed by atoms with Crippen LogP contribution in [0.5, 0.6) is 5.88 Å². The quantitative estimate of drug-likeness (QED) is 0.790. The third kappa shape index (κ3) is 3.93. The number of rotatable bonds is 7. The maximum atomic E-state index is 12.9. The summed E-state index contributed by atoms with van der Waals surface area (Å²) in [5.74, 6) is 0.497. The first-order valence-corrected chi connectivity index (χ1v) is 9.78. The highest BCUT2D eigenvalue weighted by molar-refractivity contribution is 5.98. The lowest BCUT2D eigenvalue weighted by Gasteiger charge is -2.22. The first-order valence-electron chi connectivity index (χ1n) is 9.78. The van der Waals surface area contributed by atoms with Gasteiger partial charge >= 0.3 is 0 Å². The van der Waals surface area contributed by atoms with E-state index in [4.69, 9.17) is 4.74 Å². The Kier molecular flexibility index (Phi) is 5.99. The number of aromatic nitrogens is 1. The van der Waals surface area contributed by atoms with Gasteiger partial charge in [-0.05, 0) is 39.4 Å². The minimum absolute atomic E-state index is 0.0380. The van der Waals surface area contributed by atoms with Crippen LogP contribution in [-0.2, 0) is 17.9 Å². The summed E-state index contributed by atoms with van der Waals surface area (Å²) in [6.07, 6.45) is 5.24. The molecule has 0 unspecified atom stereocenters. The van der Waals surface area contributed by atoms with Crippen LogP contribution in [0.1, 0.15) is 60.6 Å². The van der Waals surface area contributed by atoms with Crippen LogP contribution in [0.25, 0.3) is 0 Å². The number of hydrogen-bond donors (Lipinski definition) is 1. The molecule has 3 rings (SSSR count). The molecule has 27 heavy (non-hydrogen) atoms. The van der Waals surface area contributed by atoms with Crippen LogP contribution in [0.15, 0.2) is 6.07 Å². The average Bonchev–Trinajstić information content (AvgIpc) is 3.27. The molecule has 0 aromatic carbocycles. The van der Waals surface area contributed by atoms with Crippen LogP contribution in [0.3, 0.4) is 0 Å². The van der Waals surface area contributed by atoms with Gasteiger partial charge in [0.2, 0.25) is 11.8 Å². The van der Waals surface area contributed by atoms with Gasteiger partial charge in [-0.1, -0.05) is 19.8 Å². The monoisotopic (exact) mass is 374 g/mol. The second-order valence-electron chi connectivity index (χ2n) is 7.63. The average molecular weight is 374 g/mol. The molecule has 1 N–H and O–H groups in total. The molecule has 1 atom stereocenters. The minimum atomic E-state index is -0.183. The molecular formula is C20H30N4O3. The highest BCUT2D eigenvalue weighted by Crippen LogP contribution is 2.33. The van der Waals surface area contributed by atoms with Gasteiger partial charge in [-0.2, -0.15) is 0 Å². The third-order valence-corrected chi connectivity index (χ3v) is 5.68. The summed E-state index contributed by atoms with van der Waals surface area (Å²) in [4.78, 5) is 33.7. The lowest BCUT2D eigenvalue weighted by molar-refractivity contribution is -0.125. The number of hydrogen-bond acceptors (Lipinski definition) is 5. The Hall–Kier alpha value is -2.15. The lowest BCUT2D eigenvalue weighted by atomic mass is 10.1. The van der Waals surface area contributed by atoms with Crippen LogP contribution < -0.4 is 10.1 Å². The number of pyridine rings is 1. The summed E-state index contributed by atoms with van der Waals surface area (Å²) < 4.78 is 5.43. The predicted octanol–water partition coefficient (Wildman–Crippen LogP) is 1.94. The van der Waals surface area contributed by atoms with Gasteiger partial charge in [0.25, 0.3) is 5.91 Å². The van der Waals surface area contributed by atoms with Crippen molar-refractivity contribution in [3.63, 3.8) is 0 Å². The predicted molar refractivity (Wildman–Crippen MR) is 103 cm³/mol. The van der Waals surface area contributed by atoms with E-state index in [9.17, 15) is 9.59 Å². The number of nitrogens with one attached hydrogen (secondary N) is 1. The van der Waals surface area contributed by atoms with Crippen molar-refractivity contribution in [3.8, 4) is 5.88 Å². The fraction of sp³-hybridized carbons (Fsp3) is 0.650. The van der Waals surface area contributed by atoms with E-state index in [2.05, 4.69) is 10.3 Å². The van der Waals surface area contributed by atoms with Crippen molar-refractivity contribution in [1.29, 1.82) is 0 Å². The molecule has 148 valence electrons. The maximum Gasteiger partial charge on any atom is 0.256 e. The molecule has 2 aliphatic rings. The number of likely N-dealkylation sites (N-methyl/N-ethyl adjacent to an activating group) is 1. The van der Waals surface area contributed by atoms with E-state index in [-0.39, 0.29) is 17.9 Å². The molecular weight excluding hydrogens is 344 g/mol. The van der Waals surface area contributed by atoms with E-state index in [0.717, 1.165) is 30.5 Å². The fourth-order valence-electron chi connectivity index (χ4n) is 4.17. The van der Waals surface area contributed by atoms with Gasteiger partial charge in [0, 0.05) is 18.2 Å². The Bertz CT molecular complexity index is 713. The number of amides is 2. The van der Waals surface area contributed by atoms with E-state index in [1.807, 2.05) is 36.9 Å². The molecule has 1 fully saturated rings. The number of nitrogens with zero attached hydrogens (tertiary/aromatic N) is 3. The summed E-state index contributed by atoms with van der Waals surface area (Å²) in [7, 11) is 5.35. The summed E-state index contributed by atoms with van der Waals surface area (Å²) in [6.45, 7) is 2.84. The van der Waals surface area contributed by atoms with Crippen molar-refractivity contribution in [2.24, 2.45) is 0 Å². The Morgan fingerprint density at radius 3 is 2.70 bits per heavy atom. The van der Waals surface area contributed by atoms with E-state index in [1.54, 1.807) is 7.11 Å². The molecule has 2 amide bonds. The van der Waals surface area contributed by atoms with Crippen molar-refractivity contribution < 1.29 is 14.3 Å². The molecule has 1 saturated carbocycles. The largest absolute Gasteiger partial charge is 0.481 e. The first-order chi connectivity index (χ1) is 13.0. The van der Waals surface area contributed by atoms with Crippen LogP contribution >= 0.6 is 0 Å². The number of carbonyl (C=O) groups is 2. The first kappa shape index (κ1) is 19.6. The minimum Gasteiger partial charge on any atom is -0.481 e. The zero-order chi connectivity index (χ0) is 19.6. The van der Waals surface area contributed by atoms with Gasteiger partial charge in [0.05, 0.1) is 31.0 Å². The van der Waals surface area contributed by atoms with E-state index >= 15 is 0 Å². The van der Waals surface area contributed by atoms with Crippen LogP contribution in [0, 0.1) is 0 Å². The molecule has 1 aromatic heterocycles. The van der Waals surface area contributed by atoms with Gasteiger partial charge in [0.15, 0.2) is 0 Å². The van der Waals surface area contributed by atoms with Gasteiger partial charge in [-0.25, -0.2) is 4.98 Å². The maximum absolute atomic E-state index is 12.9. The number of fused-ring (bicyclic) bond motifs is 1. The van der Waals surface area contributed by atoms with Crippen LogP contribution in [0.4, 0.5) is 0 Å². The van der Waals surface area contributed by atoms with Crippen molar-refractivity contribution in [3.05, 3.63) is 22.9 Å². The topological polar surface area (TPSA) is 74.8 Å². The number of ether oxygens (including phenoxy) is 1. The third-order valence-electron chi connectivity index (χ3n) is 5.68. The molecule has 0 radical (unpaired) electrons. The normalized spacial score (nSPS) is 18.1. The SMILES string of the molecule is CC[C@H](C(=O)NCc1cc2c(nc1OC)CN(C1CCCC1)C2=O)N(C)C. The molecule has 1 aliphatic heterocycles. The zero-order valence-electron chi connectivity index (χ0n) is 16.7. The zero-order valence-corrected chi connectivity index (χ0v) is 16.7. The molecule has 7 heteroatoms. The molecule has 2 heterocycles. The lowest BCUT2D eigenvalue weighted by Crippen LogP contribution is -2.42. The van der Waals surface area contributed by atoms with Gasteiger partial charge in [-0.15, -0.1) is 0 Å². The highest BCUT2D eigenvalue weighted by Gasteiger charge is 2.36. The molecule has 1 aliphatic carbocycles. The van der Waals surface area contributed by atoms with Gasteiger partial charge in [0.1, 0.15) is 0 Å². The standard InChI is InChI=1S/C20H30N4O3/c1-5-17(23(2)3)18(25)21-11-13-10-15-16(22-19(13)27-4)12-24(20(15)26)14-8-6-7-9-14/h10,14,17H,5-9,11-12H2,1-4H3,(H,21,25)/t17-/m1/s1. The van der Waals surface area contributed by atoms with E-state index < -0.39 is 0 Å². The molecule has 0 saturated heterocycles. The second-order valence-corrected chi connectivity index (χ2v) is 7.63.